The highest BCUT2D eigenvalue weighted by molar-refractivity contribution is 7.97. The fourth-order valence-electron chi connectivity index (χ4n) is 2.60. The summed E-state index contributed by atoms with van der Waals surface area (Å²) in [4.78, 5) is 3.69. The number of halogens is 1. The summed E-state index contributed by atoms with van der Waals surface area (Å²) < 4.78 is 3.44. The van der Waals surface area contributed by atoms with Crippen LogP contribution in [0.3, 0.4) is 0 Å². The van der Waals surface area contributed by atoms with Crippen molar-refractivity contribution >= 4 is 29.2 Å². The Bertz CT molecular complexity index is 586. The average molecular weight is 319 g/mol. The van der Waals surface area contributed by atoms with E-state index < -0.39 is 0 Å². The van der Waals surface area contributed by atoms with Gasteiger partial charge in [-0.1, -0.05) is 30.3 Å². The molecule has 2 aromatic carbocycles. The van der Waals surface area contributed by atoms with Gasteiger partial charge in [-0.15, -0.1) is 11.6 Å². The molecule has 110 valence electrons. The van der Waals surface area contributed by atoms with Crippen LogP contribution in [-0.4, -0.2) is 19.6 Å². The van der Waals surface area contributed by atoms with Gasteiger partial charge in [-0.25, -0.2) is 0 Å². The Kier molecular flexibility index (Phi) is 5.07. The smallest absolute Gasteiger partial charge is 0.0474 e. The summed E-state index contributed by atoms with van der Waals surface area (Å²) in [6.07, 6.45) is 1.17. The lowest BCUT2D eigenvalue weighted by Gasteiger charge is -2.19. The number of benzene rings is 2. The molecule has 0 radical (unpaired) electrons. The van der Waals surface area contributed by atoms with Gasteiger partial charge in [-0.05, 0) is 47.7 Å². The van der Waals surface area contributed by atoms with E-state index in [2.05, 4.69) is 58.2 Å². The fourth-order valence-corrected chi connectivity index (χ4v) is 3.41. The Morgan fingerprint density at radius 1 is 1.10 bits per heavy atom. The first-order valence-corrected chi connectivity index (χ1v) is 8.59. The van der Waals surface area contributed by atoms with Crippen molar-refractivity contribution in [1.29, 1.82) is 0 Å². The van der Waals surface area contributed by atoms with Crippen LogP contribution in [0.2, 0.25) is 0 Å². The molecule has 0 fully saturated rings. The number of nitrogens with one attached hydrogen (secondary N) is 1. The molecule has 21 heavy (non-hydrogen) atoms. The molecule has 1 aliphatic heterocycles. The zero-order chi connectivity index (χ0) is 14.5. The van der Waals surface area contributed by atoms with E-state index in [0.717, 1.165) is 25.2 Å². The van der Waals surface area contributed by atoms with Crippen molar-refractivity contribution in [3.8, 4) is 0 Å². The second-order valence-electron chi connectivity index (χ2n) is 5.14. The minimum Gasteiger partial charge on any atom is -0.370 e. The van der Waals surface area contributed by atoms with E-state index in [-0.39, 0.29) is 0 Å². The van der Waals surface area contributed by atoms with Crippen LogP contribution in [-0.2, 0) is 12.3 Å². The van der Waals surface area contributed by atoms with Crippen LogP contribution in [0, 0.1) is 0 Å². The predicted octanol–water partition coefficient (Wildman–Crippen LogP) is 4.08. The molecule has 0 amide bonds. The number of hydrogen-bond acceptors (Lipinski definition) is 3. The van der Waals surface area contributed by atoms with Gasteiger partial charge in [0.05, 0.1) is 0 Å². The van der Waals surface area contributed by atoms with Crippen LogP contribution < -0.4 is 9.62 Å². The third-order valence-corrected chi connectivity index (χ3v) is 4.90. The molecule has 4 heteroatoms. The summed E-state index contributed by atoms with van der Waals surface area (Å²) in [6.45, 7) is 3.15. The standard InChI is InChI=1S/C17H19ClN2S/c18-13-14-5-7-16(8-6-14)21-19-10-12-20-11-9-15-3-1-2-4-17(15)20/h1-8,19H,9-13H2. The highest BCUT2D eigenvalue weighted by Gasteiger charge is 2.17. The van der Waals surface area contributed by atoms with Crippen molar-refractivity contribution in [3.05, 3.63) is 59.7 Å². The average Bonchev–Trinajstić information content (AvgIpc) is 2.95. The van der Waals surface area contributed by atoms with Crippen molar-refractivity contribution in [2.45, 2.75) is 17.2 Å². The molecule has 1 aliphatic rings. The zero-order valence-electron chi connectivity index (χ0n) is 11.9. The monoisotopic (exact) mass is 318 g/mol. The summed E-state index contributed by atoms with van der Waals surface area (Å²) in [5, 5.41) is 0. The Balaban J connectivity index is 1.44. The first-order valence-electron chi connectivity index (χ1n) is 7.24. The Labute approximate surface area is 135 Å². The lowest BCUT2D eigenvalue weighted by molar-refractivity contribution is 0.798. The first kappa shape index (κ1) is 14.8. The first-order chi connectivity index (χ1) is 10.4. The van der Waals surface area contributed by atoms with Crippen molar-refractivity contribution < 1.29 is 0 Å². The second kappa shape index (κ2) is 7.21. The summed E-state index contributed by atoms with van der Waals surface area (Å²) in [5.74, 6) is 0.576. The molecule has 2 aromatic rings. The SMILES string of the molecule is ClCc1ccc(SNCCN2CCc3ccccc32)cc1. The third kappa shape index (κ3) is 3.73. The summed E-state index contributed by atoms with van der Waals surface area (Å²) in [5.41, 5.74) is 4.03. The Morgan fingerprint density at radius 2 is 1.90 bits per heavy atom. The van der Waals surface area contributed by atoms with Crippen molar-refractivity contribution in [1.82, 2.24) is 4.72 Å². The highest BCUT2D eigenvalue weighted by Crippen LogP contribution is 2.26. The fraction of sp³-hybridized carbons (Fsp3) is 0.294. The maximum Gasteiger partial charge on any atom is 0.0474 e. The lowest BCUT2D eigenvalue weighted by atomic mass is 10.2. The quantitative estimate of drug-likeness (QED) is 0.491. The maximum atomic E-state index is 5.79. The van der Waals surface area contributed by atoms with Gasteiger partial charge in [-0.3, -0.25) is 4.72 Å². The molecule has 0 unspecified atom stereocenters. The van der Waals surface area contributed by atoms with E-state index in [4.69, 9.17) is 11.6 Å². The normalized spacial score (nSPS) is 13.5. The molecule has 0 saturated heterocycles. The number of nitrogens with zero attached hydrogens (tertiary/aromatic N) is 1. The van der Waals surface area contributed by atoms with Crippen LogP contribution in [0.15, 0.2) is 53.4 Å². The van der Waals surface area contributed by atoms with Gasteiger partial charge in [-0.2, -0.15) is 0 Å². The molecule has 0 aliphatic carbocycles. The van der Waals surface area contributed by atoms with Gasteiger partial charge in [0, 0.05) is 36.1 Å². The molecule has 1 heterocycles. The molecule has 1 N–H and O–H groups in total. The van der Waals surface area contributed by atoms with E-state index in [9.17, 15) is 0 Å². The van der Waals surface area contributed by atoms with Crippen molar-refractivity contribution in [2.75, 3.05) is 24.5 Å². The molecule has 0 aromatic heterocycles. The number of anilines is 1. The van der Waals surface area contributed by atoms with E-state index in [1.165, 1.54) is 22.6 Å². The minimum atomic E-state index is 0.576. The predicted molar refractivity (Wildman–Crippen MR) is 92.2 cm³/mol. The lowest BCUT2D eigenvalue weighted by Crippen LogP contribution is -2.28. The van der Waals surface area contributed by atoms with E-state index in [0.29, 0.717) is 5.88 Å². The van der Waals surface area contributed by atoms with E-state index in [1.807, 2.05) is 0 Å². The summed E-state index contributed by atoms with van der Waals surface area (Å²) in [7, 11) is 0. The number of alkyl halides is 1. The molecule has 0 bridgehead atoms. The molecule has 2 nitrogen and oxygen atoms in total. The van der Waals surface area contributed by atoms with E-state index in [1.54, 1.807) is 11.9 Å². The number of hydrogen-bond donors (Lipinski definition) is 1. The second-order valence-corrected chi connectivity index (χ2v) is 6.37. The zero-order valence-corrected chi connectivity index (χ0v) is 13.5. The van der Waals surface area contributed by atoms with Crippen LogP contribution in [0.25, 0.3) is 0 Å². The molecule has 0 atom stereocenters. The van der Waals surface area contributed by atoms with Crippen LogP contribution >= 0.6 is 23.5 Å². The molecule has 3 rings (SSSR count). The number of rotatable bonds is 6. The van der Waals surface area contributed by atoms with E-state index >= 15 is 0 Å². The van der Waals surface area contributed by atoms with Gasteiger partial charge < -0.3 is 4.90 Å². The van der Waals surface area contributed by atoms with Crippen molar-refractivity contribution in [2.24, 2.45) is 0 Å². The Hall–Kier alpha value is -1.16. The Morgan fingerprint density at radius 3 is 2.71 bits per heavy atom. The molecule has 0 saturated carbocycles. The highest BCUT2D eigenvalue weighted by atomic mass is 35.5. The van der Waals surface area contributed by atoms with Gasteiger partial charge >= 0.3 is 0 Å². The molecular weight excluding hydrogens is 300 g/mol. The van der Waals surface area contributed by atoms with Gasteiger partial charge in [0.25, 0.3) is 0 Å². The van der Waals surface area contributed by atoms with Crippen LogP contribution in [0.1, 0.15) is 11.1 Å². The number of fused-ring (bicyclic) bond motifs is 1. The molecule has 0 spiro atoms. The van der Waals surface area contributed by atoms with Gasteiger partial charge in [0.15, 0.2) is 0 Å². The largest absolute Gasteiger partial charge is 0.370 e. The summed E-state index contributed by atoms with van der Waals surface area (Å²) >= 11 is 7.48. The van der Waals surface area contributed by atoms with Gasteiger partial charge in [0.1, 0.15) is 0 Å². The van der Waals surface area contributed by atoms with Gasteiger partial charge in [0.2, 0.25) is 0 Å². The minimum absolute atomic E-state index is 0.576. The molecular formula is C17H19ClN2S. The summed E-state index contributed by atoms with van der Waals surface area (Å²) in [6, 6.07) is 17.1. The maximum absolute atomic E-state index is 5.79. The number of para-hydroxylation sites is 1. The van der Waals surface area contributed by atoms with Crippen molar-refractivity contribution in [3.63, 3.8) is 0 Å². The topological polar surface area (TPSA) is 15.3 Å². The third-order valence-electron chi connectivity index (χ3n) is 3.73. The van der Waals surface area contributed by atoms with Crippen LogP contribution in [0.4, 0.5) is 5.69 Å². The van der Waals surface area contributed by atoms with Crippen LogP contribution in [0.5, 0.6) is 0 Å².